The first kappa shape index (κ1) is 31.9. The van der Waals surface area contributed by atoms with E-state index in [0.29, 0.717) is 28.3 Å². The van der Waals surface area contributed by atoms with Crippen LogP contribution in [0.4, 0.5) is 26.3 Å². The molecule has 0 aliphatic heterocycles. The Hall–Kier alpha value is -2.52. The number of aryl methyl sites for hydroxylation is 1. The average molecular weight is 795 g/mol. The van der Waals surface area contributed by atoms with Crippen LogP contribution in [0, 0.1) is 6.92 Å². The van der Waals surface area contributed by atoms with Crippen molar-refractivity contribution >= 4 is 47.8 Å². The first-order valence-electron chi connectivity index (χ1n) is 13.0. The van der Waals surface area contributed by atoms with Gasteiger partial charge in [-0.3, -0.25) is 9.97 Å². The highest BCUT2D eigenvalue weighted by atomic mass is 79.9. The molecule has 2 saturated carbocycles. The molecule has 2 aliphatic rings. The van der Waals surface area contributed by atoms with Crippen LogP contribution in [0.2, 0.25) is 0 Å². The smallest absolute Gasteiger partial charge is 0.257 e. The van der Waals surface area contributed by atoms with Gasteiger partial charge >= 0.3 is 12.4 Å². The minimum absolute atomic E-state index is 0.419. The molecule has 0 amide bonds. The van der Waals surface area contributed by atoms with Gasteiger partial charge in [-0.1, -0.05) is 15.9 Å². The van der Waals surface area contributed by atoms with Crippen molar-refractivity contribution in [1.82, 2.24) is 29.9 Å². The Kier molecular flexibility index (Phi) is 9.25. The summed E-state index contributed by atoms with van der Waals surface area (Å²) in [6, 6.07) is 3.65. The number of halogens is 9. The predicted octanol–water partition coefficient (Wildman–Crippen LogP) is 9.60. The lowest BCUT2D eigenvalue weighted by molar-refractivity contribution is -0.145. The summed E-state index contributed by atoms with van der Waals surface area (Å²) < 4.78 is 76.8. The SMILES string of the molecule is Cc1cc(-c2cnc(C(F)(F)F)nc2)c(Br)c(C2CC2)n1.FC(F)(F)c1ncc(-c2cc(CBr)nc(C3CC3)c2Br)cn1. The van der Waals surface area contributed by atoms with Gasteiger partial charge in [-0.15, -0.1) is 0 Å². The maximum absolute atomic E-state index is 12.5. The van der Waals surface area contributed by atoms with Crippen molar-refractivity contribution in [2.24, 2.45) is 0 Å². The Balaban J connectivity index is 0.000000171. The lowest BCUT2D eigenvalue weighted by Crippen LogP contribution is -2.10. The second-order valence-corrected chi connectivity index (χ2v) is 12.3. The van der Waals surface area contributed by atoms with E-state index in [1.807, 2.05) is 19.1 Å². The molecule has 6 nitrogen and oxygen atoms in total. The Morgan fingerprint density at radius 1 is 0.674 bits per heavy atom. The molecule has 43 heavy (non-hydrogen) atoms. The molecule has 0 spiro atoms. The van der Waals surface area contributed by atoms with Gasteiger partial charge in [0, 0.05) is 78.8 Å². The van der Waals surface area contributed by atoms with Crippen molar-refractivity contribution in [3.05, 3.63) is 80.3 Å². The molecular formula is C28H21Br3F6N6. The summed E-state index contributed by atoms with van der Waals surface area (Å²) in [6.07, 6.45) is 0.0984. The van der Waals surface area contributed by atoms with Gasteiger partial charge in [0.15, 0.2) is 0 Å². The van der Waals surface area contributed by atoms with E-state index in [-0.39, 0.29) is 0 Å². The van der Waals surface area contributed by atoms with Gasteiger partial charge in [-0.2, -0.15) is 26.3 Å². The molecule has 0 unspecified atom stereocenters. The van der Waals surface area contributed by atoms with E-state index >= 15 is 0 Å². The summed E-state index contributed by atoms with van der Waals surface area (Å²) >= 11 is 10.4. The number of hydrogen-bond acceptors (Lipinski definition) is 6. The predicted molar refractivity (Wildman–Crippen MR) is 157 cm³/mol. The first-order chi connectivity index (χ1) is 20.3. The molecule has 6 rings (SSSR count). The van der Waals surface area contributed by atoms with Crippen molar-refractivity contribution in [3.8, 4) is 22.3 Å². The standard InChI is InChI=1S/C14H10Br2F3N3.C14H11BrF3N3/c15-4-9-3-10(11(16)12(22-9)7-1-2-7)8-5-20-13(21-6-8)14(17,18)19;1-7-4-10(11(15)12(21-7)8-2-3-8)9-5-19-13(20-6-9)14(16,17)18/h3,5-7H,1-2,4H2;4-6,8H,2-3H2,1H3. The van der Waals surface area contributed by atoms with Crippen LogP contribution >= 0.6 is 47.8 Å². The van der Waals surface area contributed by atoms with Crippen LogP contribution in [0.5, 0.6) is 0 Å². The Morgan fingerprint density at radius 2 is 1.07 bits per heavy atom. The maximum atomic E-state index is 12.5. The number of alkyl halides is 7. The van der Waals surface area contributed by atoms with E-state index in [0.717, 1.165) is 68.5 Å². The van der Waals surface area contributed by atoms with Crippen LogP contribution in [0.25, 0.3) is 22.3 Å². The van der Waals surface area contributed by atoms with Gasteiger partial charge in [-0.25, -0.2) is 19.9 Å². The van der Waals surface area contributed by atoms with Gasteiger partial charge in [0.2, 0.25) is 11.6 Å². The quantitative estimate of drug-likeness (QED) is 0.148. The molecule has 4 heterocycles. The fraction of sp³-hybridized carbons (Fsp3) is 0.357. The third-order valence-electron chi connectivity index (χ3n) is 6.65. The number of hydrogen-bond donors (Lipinski definition) is 0. The summed E-state index contributed by atoms with van der Waals surface area (Å²) in [5.41, 5.74) is 6.19. The molecule has 226 valence electrons. The lowest BCUT2D eigenvalue weighted by Gasteiger charge is -2.12. The highest BCUT2D eigenvalue weighted by Crippen LogP contribution is 2.46. The van der Waals surface area contributed by atoms with Gasteiger partial charge in [-0.05, 0) is 76.6 Å². The van der Waals surface area contributed by atoms with Gasteiger partial charge in [0.05, 0.1) is 17.1 Å². The lowest BCUT2D eigenvalue weighted by atomic mass is 10.1. The zero-order valence-electron chi connectivity index (χ0n) is 22.2. The maximum Gasteiger partial charge on any atom is 0.451 e. The van der Waals surface area contributed by atoms with Crippen LogP contribution in [-0.4, -0.2) is 29.9 Å². The summed E-state index contributed by atoms with van der Waals surface area (Å²) in [7, 11) is 0. The van der Waals surface area contributed by atoms with Crippen LogP contribution in [0.3, 0.4) is 0 Å². The fourth-order valence-electron chi connectivity index (χ4n) is 4.26. The van der Waals surface area contributed by atoms with Crippen molar-refractivity contribution in [3.63, 3.8) is 0 Å². The molecule has 0 aromatic carbocycles. The third kappa shape index (κ3) is 7.59. The van der Waals surface area contributed by atoms with E-state index in [4.69, 9.17) is 0 Å². The molecular weight excluding hydrogens is 774 g/mol. The zero-order chi connectivity index (χ0) is 31.1. The summed E-state index contributed by atoms with van der Waals surface area (Å²) in [6.45, 7) is 1.87. The van der Waals surface area contributed by atoms with Crippen molar-refractivity contribution in [2.45, 2.75) is 62.1 Å². The van der Waals surface area contributed by atoms with Gasteiger partial charge in [0.25, 0.3) is 0 Å². The molecule has 4 aromatic rings. The van der Waals surface area contributed by atoms with Crippen LogP contribution in [-0.2, 0) is 17.7 Å². The molecule has 2 aliphatic carbocycles. The zero-order valence-corrected chi connectivity index (χ0v) is 27.0. The monoisotopic (exact) mass is 792 g/mol. The molecule has 0 bridgehead atoms. The molecule has 0 N–H and O–H groups in total. The van der Waals surface area contributed by atoms with Crippen LogP contribution < -0.4 is 0 Å². The van der Waals surface area contributed by atoms with E-state index in [1.165, 1.54) is 24.8 Å². The van der Waals surface area contributed by atoms with Crippen molar-refractivity contribution in [2.75, 3.05) is 0 Å². The summed E-state index contributed by atoms with van der Waals surface area (Å²) in [4.78, 5) is 22.8. The molecule has 15 heteroatoms. The summed E-state index contributed by atoms with van der Waals surface area (Å²) in [5, 5.41) is 0.578. The van der Waals surface area contributed by atoms with Crippen molar-refractivity contribution in [1.29, 1.82) is 0 Å². The highest BCUT2D eigenvalue weighted by Gasteiger charge is 2.36. The minimum atomic E-state index is -4.53. The number of nitrogens with zero attached hydrogens (tertiary/aromatic N) is 6. The number of aromatic nitrogens is 6. The van der Waals surface area contributed by atoms with Crippen LogP contribution in [0.15, 0.2) is 45.9 Å². The Labute approximate surface area is 267 Å². The fourth-order valence-corrected chi connectivity index (χ4v) is 6.05. The number of rotatable bonds is 5. The molecule has 4 aromatic heterocycles. The Morgan fingerprint density at radius 3 is 1.44 bits per heavy atom. The van der Waals surface area contributed by atoms with Crippen LogP contribution in [0.1, 0.15) is 71.9 Å². The van der Waals surface area contributed by atoms with Gasteiger partial charge < -0.3 is 0 Å². The normalized spacial score (nSPS) is 15.2. The third-order valence-corrected chi connectivity index (χ3v) is 8.89. The summed E-state index contributed by atoms with van der Waals surface area (Å²) in [5.74, 6) is -1.41. The topological polar surface area (TPSA) is 77.3 Å². The second kappa shape index (κ2) is 12.5. The molecule has 0 saturated heterocycles. The highest BCUT2D eigenvalue weighted by molar-refractivity contribution is 9.11. The Bertz CT molecular complexity index is 1620. The minimum Gasteiger partial charge on any atom is -0.257 e. The second-order valence-electron chi connectivity index (χ2n) is 10.1. The molecule has 2 fully saturated rings. The van der Waals surface area contributed by atoms with Gasteiger partial charge in [0.1, 0.15) is 0 Å². The molecule has 0 atom stereocenters. The number of pyridine rings is 2. The van der Waals surface area contributed by atoms with Crippen molar-refractivity contribution < 1.29 is 26.3 Å². The van der Waals surface area contributed by atoms with E-state index < -0.39 is 24.0 Å². The first-order valence-corrected chi connectivity index (χ1v) is 15.7. The largest absolute Gasteiger partial charge is 0.451 e. The van der Waals surface area contributed by atoms with E-state index in [9.17, 15) is 26.3 Å². The molecule has 0 radical (unpaired) electrons. The van der Waals surface area contributed by atoms with E-state index in [1.54, 1.807) is 0 Å². The van der Waals surface area contributed by atoms with E-state index in [2.05, 4.69) is 77.7 Å². The average Bonchev–Trinajstić information content (AvgIpc) is 3.88.